The predicted molar refractivity (Wildman–Crippen MR) is 92.2 cm³/mol. The minimum atomic E-state index is -0.928. The van der Waals surface area contributed by atoms with Gasteiger partial charge in [-0.2, -0.15) is 5.06 Å². The van der Waals surface area contributed by atoms with Crippen molar-refractivity contribution in [2.45, 2.75) is 20.1 Å². The molecule has 7 heteroatoms. The number of anilines is 1. The summed E-state index contributed by atoms with van der Waals surface area (Å²) in [6, 6.07) is 10.5. The van der Waals surface area contributed by atoms with Crippen LogP contribution in [0, 0.1) is 6.92 Å². The molecule has 0 aliphatic heterocycles. The number of aryl methyl sites for hydroxylation is 1. The number of methoxy groups -OCH3 is 1. The quantitative estimate of drug-likeness (QED) is 0.594. The number of carbonyl (C=O) groups is 1. The fourth-order valence-electron chi connectivity index (χ4n) is 2.19. The van der Waals surface area contributed by atoms with E-state index < -0.39 is 6.09 Å². The number of aliphatic hydroxyl groups is 1. The number of halogens is 1. The van der Waals surface area contributed by atoms with Gasteiger partial charge in [-0.25, -0.2) is 4.79 Å². The molecule has 0 saturated carbocycles. The lowest BCUT2D eigenvalue weighted by atomic mass is 10.1. The van der Waals surface area contributed by atoms with Crippen molar-refractivity contribution in [3.05, 3.63) is 57.6 Å². The minimum absolute atomic E-state index is 0.0573. The summed E-state index contributed by atoms with van der Waals surface area (Å²) in [5.41, 5.74) is 2.30. The number of rotatable bonds is 5. The molecule has 2 aromatic carbocycles. The number of carbonyl (C=O) groups excluding carboxylic acids is 1. The van der Waals surface area contributed by atoms with Crippen molar-refractivity contribution in [1.29, 1.82) is 0 Å². The number of aliphatic hydroxyl groups excluding tert-OH is 1. The van der Waals surface area contributed by atoms with Gasteiger partial charge < -0.3 is 14.6 Å². The zero-order valence-electron chi connectivity index (χ0n) is 13.3. The molecule has 0 heterocycles. The van der Waals surface area contributed by atoms with Crippen LogP contribution in [0.15, 0.2) is 40.9 Å². The van der Waals surface area contributed by atoms with Crippen LogP contribution in [0.2, 0.25) is 0 Å². The first-order valence-electron chi connectivity index (χ1n) is 7.15. The molecule has 0 spiro atoms. The largest absolute Gasteiger partial charge is 0.488 e. The highest BCUT2D eigenvalue weighted by atomic mass is 79.9. The maximum atomic E-state index is 11.6. The summed E-state index contributed by atoms with van der Waals surface area (Å²) in [6.45, 7) is 1.77. The molecule has 6 nitrogen and oxygen atoms in total. The molecule has 128 valence electrons. The molecular weight excluding hydrogens is 378 g/mol. The van der Waals surface area contributed by atoms with E-state index in [0.29, 0.717) is 21.9 Å². The van der Waals surface area contributed by atoms with Crippen LogP contribution in [0.3, 0.4) is 0 Å². The highest BCUT2D eigenvalue weighted by Gasteiger charge is 2.20. The van der Waals surface area contributed by atoms with Gasteiger partial charge in [0.1, 0.15) is 12.4 Å². The Bertz CT molecular complexity index is 735. The third kappa shape index (κ3) is 4.05. The lowest BCUT2D eigenvalue weighted by Crippen LogP contribution is -2.28. The highest BCUT2D eigenvalue weighted by molar-refractivity contribution is 9.10. The van der Waals surface area contributed by atoms with Gasteiger partial charge in [0.15, 0.2) is 0 Å². The first-order chi connectivity index (χ1) is 11.5. The Morgan fingerprint density at radius 2 is 2.04 bits per heavy atom. The Hall–Kier alpha value is -2.09. The number of hydrogen-bond acceptors (Lipinski definition) is 5. The molecule has 2 rings (SSSR count). The van der Waals surface area contributed by atoms with E-state index in [1.165, 1.54) is 7.11 Å². The first-order valence-corrected chi connectivity index (χ1v) is 7.94. The van der Waals surface area contributed by atoms with Crippen molar-refractivity contribution < 1.29 is 24.6 Å². The summed E-state index contributed by atoms with van der Waals surface area (Å²) in [5, 5.41) is 19.9. The molecule has 24 heavy (non-hydrogen) atoms. The Labute approximate surface area is 148 Å². The third-order valence-electron chi connectivity index (χ3n) is 3.45. The second-order valence-corrected chi connectivity index (χ2v) is 5.93. The molecule has 0 unspecified atom stereocenters. The molecule has 0 aliphatic carbocycles. The van der Waals surface area contributed by atoms with E-state index >= 15 is 0 Å². The summed E-state index contributed by atoms with van der Waals surface area (Å²) < 4.78 is 11.1. The zero-order chi connectivity index (χ0) is 17.7. The van der Waals surface area contributed by atoms with Crippen LogP contribution in [0.4, 0.5) is 10.5 Å². The van der Waals surface area contributed by atoms with Crippen molar-refractivity contribution in [2.24, 2.45) is 0 Å². The number of benzene rings is 2. The van der Waals surface area contributed by atoms with Gasteiger partial charge in [0.05, 0.1) is 23.9 Å². The van der Waals surface area contributed by atoms with Crippen LogP contribution in [-0.4, -0.2) is 23.5 Å². The van der Waals surface area contributed by atoms with Crippen molar-refractivity contribution in [3.63, 3.8) is 0 Å². The van der Waals surface area contributed by atoms with Crippen molar-refractivity contribution >= 4 is 27.7 Å². The molecule has 0 radical (unpaired) electrons. The molecule has 2 N–H and O–H groups in total. The molecule has 0 aromatic heterocycles. The van der Waals surface area contributed by atoms with Gasteiger partial charge in [-0.05, 0) is 52.2 Å². The van der Waals surface area contributed by atoms with Gasteiger partial charge in [-0.1, -0.05) is 18.2 Å². The van der Waals surface area contributed by atoms with Gasteiger partial charge in [0, 0.05) is 5.56 Å². The number of hydrogen-bond donors (Lipinski definition) is 2. The van der Waals surface area contributed by atoms with Crippen LogP contribution in [0.1, 0.15) is 16.7 Å². The highest BCUT2D eigenvalue weighted by Crippen LogP contribution is 2.29. The Morgan fingerprint density at radius 3 is 2.67 bits per heavy atom. The van der Waals surface area contributed by atoms with Gasteiger partial charge >= 0.3 is 6.09 Å². The smallest absolute Gasteiger partial charge is 0.438 e. The molecule has 0 fully saturated rings. The summed E-state index contributed by atoms with van der Waals surface area (Å²) in [5.74, 6) is 0.613. The lowest BCUT2D eigenvalue weighted by molar-refractivity contribution is 0.140. The van der Waals surface area contributed by atoms with Crippen molar-refractivity contribution in [3.8, 4) is 5.75 Å². The summed E-state index contributed by atoms with van der Waals surface area (Å²) >= 11 is 3.43. The van der Waals surface area contributed by atoms with Gasteiger partial charge in [-0.3, -0.25) is 5.21 Å². The average molecular weight is 396 g/mol. The standard InChI is InChI=1S/C17H18BrNO5/c1-11-6-7-16(14(18)8-11)24-10-13-12(9-20)4-3-5-15(13)19(22)17(21)23-2/h3-8,20,22H,9-10H2,1-2H3. The zero-order valence-corrected chi connectivity index (χ0v) is 14.9. The average Bonchev–Trinajstić information content (AvgIpc) is 2.59. The first kappa shape index (κ1) is 18.3. The number of ether oxygens (including phenoxy) is 2. The van der Waals surface area contributed by atoms with Crippen LogP contribution in [0.25, 0.3) is 0 Å². The molecular formula is C17H18BrNO5. The molecule has 2 aromatic rings. The fraction of sp³-hybridized carbons (Fsp3) is 0.235. The van der Waals surface area contributed by atoms with E-state index in [9.17, 15) is 15.1 Å². The second kappa shape index (κ2) is 8.14. The van der Waals surface area contributed by atoms with E-state index in [-0.39, 0.29) is 18.9 Å². The monoisotopic (exact) mass is 395 g/mol. The topological polar surface area (TPSA) is 79.2 Å². The van der Waals surface area contributed by atoms with Gasteiger partial charge in [-0.15, -0.1) is 0 Å². The maximum Gasteiger partial charge on any atom is 0.438 e. The lowest BCUT2D eigenvalue weighted by Gasteiger charge is -2.20. The SMILES string of the molecule is COC(=O)N(O)c1cccc(CO)c1COc1ccc(C)cc1Br. The van der Waals surface area contributed by atoms with E-state index in [2.05, 4.69) is 20.7 Å². The summed E-state index contributed by atoms with van der Waals surface area (Å²) in [6.07, 6.45) is -0.928. The van der Waals surface area contributed by atoms with Crippen LogP contribution in [-0.2, 0) is 18.0 Å². The summed E-state index contributed by atoms with van der Waals surface area (Å²) in [7, 11) is 1.17. The van der Waals surface area contributed by atoms with Crippen molar-refractivity contribution in [1.82, 2.24) is 0 Å². The molecule has 0 atom stereocenters. The van der Waals surface area contributed by atoms with E-state index in [0.717, 1.165) is 10.0 Å². The number of hydroxylamine groups is 1. The predicted octanol–water partition coefficient (Wildman–Crippen LogP) is 3.79. The normalized spacial score (nSPS) is 10.4. The Kier molecular flexibility index (Phi) is 6.19. The van der Waals surface area contributed by atoms with Crippen LogP contribution < -0.4 is 9.80 Å². The van der Waals surface area contributed by atoms with Gasteiger partial charge in [0.2, 0.25) is 0 Å². The second-order valence-electron chi connectivity index (χ2n) is 5.08. The molecule has 0 saturated heterocycles. The van der Waals surface area contributed by atoms with Gasteiger partial charge in [0.25, 0.3) is 0 Å². The van der Waals surface area contributed by atoms with Crippen molar-refractivity contribution in [2.75, 3.05) is 12.2 Å². The van der Waals surface area contributed by atoms with Crippen LogP contribution in [0.5, 0.6) is 5.75 Å². The number of nitrogens with zero attached hydrogens (tertiary/aromatic N) is 1. The van der Waals surface area contributed by atoms with E-state index in [1.807, 2.05) is 25.1 Å². The minimum Gasteiger partial charge on any atom is -0.488 e. The third-order valence-corrected chi connectivity index (χ3v) is 4.07. The van der Waals surface area contributed by atoms with E-state index in [4.69, 9.17) is 4.74 Å². The molecule has 1 amide bonds. The maximum absolute atomic E-state index is 11.6. The summed E-state index contributed by atoms with van der Waals surface area (Å²) in [4.78, 5) is 11.6. The molecule has 0 aliphatic rings. The fourth-order valence-corrected chi connectivity index (χ4v) is 2.80. The Morgan fingerprint density at radius 1 is 1.29 bits per heavy atom. The number of amides is 1. The van der Waals surface area contributed by atoms with Crippen LogP contribution >= 0.6 is 15.9 Å². The van der Waals surface area contributed by atoms with E-state index in [1.54, 1.807) is 18.2 Å². The molecule has 0 bridgehead atoms. The Balaban J connectivity index is 2.32.